The lowest BCUT2D eigenvalue weighted by Crippen LogP contribution is -2.22. The monoisotopic (exact) mass is 391 g/mol. The molecule has 27 heavy (non-hydrogen) atoms. The number of thiocarbonyl (C=S) groups is 1. The second-order valence-corrected chi connectivity index (χ2v) is 5.89. The fourth-order valence-electron chi connectivity index (χ4n) is 2.44. The lowest BCUT2D eigenvalue weighted by atomic mass is 10.2. The molecule has 6 nitrogen and oxygen atoms in total. The van der Waals surface area contributed by atoms with E-state index < -0.39 is 12.1 Å². The Balaban J connectivity index is 1.84. The van der Waals surface area contributed by atoms with Crippen molar-refractivity contribution in [1.29, 1.82) is 5.26 Å². The number of nitriles is 1. The van der Waals surface area contributed by atoms with E-state index in [-0.39, 0.29) is 16.4 Å². The van der Waals surface area contributed by atoms with Crippen LogP contribution in [0.5, 0.6) is 5.75 Å². The minimum atomic E-state index is -4.90. The standard InChI is InChI=1S/C17H12F3N5OS/c1-25-9-22-15-12(3-2-4-13(15)25)24-16(27)23-11-6-5-10(8-21)7-14(11)26-17(18,19)20/h2-7,9H,1H3,(H2,23,24,27). The summed E-state index contributed by atoms with van der Waals surface area (Å²) in [5, 5.41) is 14.5. The minimum Gasteiger partial charge on any atom is -0.404 e. The number of fused-ring (bicyclic) bond motifs is 1. The van der Waals surface area contributed by atoms with Crippen LogP contribution in [-0.4, -0.2) is 21.0 Å². The molecule has 1 aromatic heterocycles. The smallest absolute Gasteiger partial charge is 0.404 e. The van der Waals surface area contributed by atoms with E-state index in [4.69, 9.17) is 17.5 Å². The molecule has 0 aliphatic heterocycles. The zero-order valence-corrected chi connectivity index (χ0v) is 14.6. The Morgan fingerprint density at radius 1 is 1.22 bits per heavy atom. The van der Waals surface area contributed by atoms with Gasteiger partial charge in [-0.15, -0.1) is 13.2 Å². The van der Waals surface area contributed by atoms with Crippen LogP contribution in [0.15, 0.2) is 42.7 Å². The Kier molecular flexibility index (Phi) is 4.87. The topological polar surface area (TPSA) is 74.9 Å². The van der Waals surface area contributed by atoms with Gasteiger partial charge in [0, 0.05) is 13.1 Å². The molecule has 0 radical (unpaired) electrons. The molecule has 0 fully saturated rings. The molecule has 2 aromatic carbocycles. The molecule has 0 aliphatic carbocycles. The van der Waals surface area contributed by atoms with E-state index in [2.05, 4.69) is 20.4 Å². The van der Waals surface area contributed by atoms with E-state index in [0.717, 1.165) is 11.6 Å². The highest BCUT2D eigenvalue weighted by Gasteiger charge is 2.32. The van der Waals surface area contributed by atoms with Gasteiger partial charge in [0.2, 0.25) is 0 Å². The number of aryl methyl sites for hydroxylation is 1. The predicted molar refractivity (Wildman–Crippen MR) is 98.4 cm³/mol. The number of imidazole rings is 1. The van der Waals surface area contributed by atoms with E-state index >= 15 is 0 Å². The van der Waals surface area contributed by atoms with Crippen molar-refractivity contribution in [3.8, 4) is 11.8 Å². The van der Waals surface area contributed by atoms with Crippen LogP contribution in [0.1, 0.15) is 5.56 Å². The van der Waals surface area contributed by atoms with Crippen LogP contribution >= 0.6 is 12.2 Å². The third-order valence-electron chi connectivity index (χ3n) is 3.59. The third kappa shape index (κ3) is 4.27. The fraction of sp³-hybridized carbons (Fsp3) is 0.118. The number of aromatic nitrogens is 2. The summed E-state index contributed by atoms with van der Waals surface area (Å²) < 4.78 is 43.7. The molecule has 0 bridgehead atoms. The average molecular weight is 391 g/mol. The van der Waals surface area contributed by atoms with Crippen molar-refractivity contribution in [2.24, 2.45) is 7.05 Å². The van der Waals surface area contributed by atoms with E-state index in [1.54, 1.807) is 24.5 Å². The van der Waals surface area contributed by atoms with Gasteiger partial charge in [-0.25, -0.2) is 4.98 Å². The van der Waals surface area contributed by atoms with Crippen LogP contribution < -0.4 is 15.4 Å². The van der Waals surface area contributed by atoms with E-state index in [1.165, 1.54) is 12.1 Å². The molecule has 0 aliphatic rings. The Labute approximate surface area is 157 Å². The summed E-state index contributed by atoms with van der Waals surface area (Å²) in [6, 6.07) is 10.8. The quantitative estimate of drug-likeness (QED) is 0.654. The van der Waals surface area contributed by atoms with Crippen molar-refractivity contribution in [2.75, 3.05) is 10.6 Å². The highest BCUT2D eigenvalue weighted by Crippen LogP contribution is 2.31. The van der Waals surface area contributed by atoms with Crippen LogP contribution in [0.4, 0.5) is 24.5 Å². The van der Waals surface area contributed by atoms with Gasteiger partial charge in [-0.3, -0.25) is 0 Å². The number of alkyl halides is 3. The number of benzene rings is 2. The molecule has 138 valence electrons. The van der Waals surface area contributed by atoms with Crippen LogP contribution in [0.3, 0.4) is 0 Å². The van der Waals surface area contributed by atoms with E-state index in [9.17, 15) is 13.2 Å². The summed E-state index contributed by atoms with van der Waals surface area (Å²) in [7, 11) is 1.84. The summed E-state index contributed by atoms with van der Waals surface area (Å²) >= 11 is 5.19. The number of hydrogen-bond donors (Lipinski definition) is 2. The van der Waals surface area contributed by atoms with Crippen LogP contribution in [0, 0.1) is 11.3 Å². The van der Waals surface area contributed by atoms with Crippen LogP contribution in [-0.2, 0) is 7.05 Å². The van der Waals surface area contributed by atoms with Crippen molar-refractivity contribution in [1.82, 2.24) is 9.55 Å². The van der Waals surface area contributed by atoms with E-state index in [1.807, 2.05) is 17.7 Å². The number of hydrogen-bond acceptors (Lipinski definition) is 4. The van der Waals surface area contributed by atoms with E-state index in [0.29, 0.717) is 11.2 Å². The van der Waals surface area contributed by atoms with Gasteiger partial charge in [0.15, 0.2) is 10.9 Å². The molecule has 0 atom stereocenters. The highest BCUT2D eigenvalue weighted by atomic mass is 32.1. The molecule has 0 spiro atoms. The van der Waals surface area contributed by atoms with Crippen LogP contribution in [0.25, 0.3) is 11.0 Å². The second kappa shape index (κ2) is 7.13. The predicted octanol–water partition coefficient (Wildman–Crippen LogP) is 4.15. The van der Waals surface area contributed by atoms with Crippen molar-refractivity contribution in [2.45, 2.75) is 6.36 Å². The number of anilines is 2. The molecule has 0 saturated heterocycles. The van der Waals surface area contributed by atoms with Crippen molar-refractivity contribution in [3.63, 3.8) is 0 Å². The zero-order valence-electron chi connectivity index (χ0n) is 13.8. The lowest BCUT2D eigenvalue weighted by molar-refractivity contribution is -0.274. The van der Waals surface area contributed by atoms with Crippen molar-refractivity contribution >= 4 is 39.7 Å². The largest absolute Gasteiger partial charge is 0.573 e. The molecule has 3 aromatic rings. The summed E-state index contributed by atoms with van der Waals surface area (Å²) in [6.45, 7) is 0. The second-order valence-electron chi connectivity index (χ2n) is 5.48. The molecule has 3 rings (SSSR count). The van der Waals surface area contributed by atoms with Gasteiger partial charge in [-0.2, -0.15) is 5.26 Å². The van der Waals surface area contributed by atoms with Gasteiger partial charge in [-0.1, -0.05) is 6.07 Å². The maximum atomic E-state index is 12.6. The maximum absolute atomic E-state index is 12.6. The zero-order chi connectivity index (χ0) is 19.6. The first kappa shape index (κ1) is 18.5. The van der Waals surface area contributed by atoms with Gasteiger partial charge >= 0.3 is 6.36 Å². The average Bonchev–Trinajstić information content (AvgIpc) is 2.97. The Bertz CT molecular complexity index is 1050. The number of para-hydroxylation sites is 1. The van der Waals surface area contributed by atoms with Crippen LogP contribution in [0.2, 0.25) is 0 Å². The van der Waals surface area contributed by atoms with Crippen molar-refractivity contribution in [3.05, 3.63) is 48.3 Å². The number of ether oxygens (including phenoxy) is 1. The highest BCUT2D eigenvalue weighted by molar-refractivity contribution is 7.80. The van der Waals surface area contributed by atoms with Gasteiger partial charge in [0.25, 0.3) is 0 Å². The summed E-state index contributed by atoms with van der Waals surface area (Å²) in [4.78, 5) is 4.27. The van der Waals surface area contributed by atoms with Gasteiger partial charge in [0.05, 0.1) is 34.9 Å². The lowest BCUT2D eigenvalue weighted by Gasteiger charge is -2.16. The molecule has 10 heteroatoms. The molecular formula is C17H12F3N5OS. The molecule has 2 N–H and O–H groups in total. The first-order valence-corrected chi connectivity index (χ1v) is 7.95. The van der Waals surface area contributed by atoms with Gasteiger partial charge in [-0.05, 0) is 36.5 Å². The Hall–Kier alpha value is -3.32. The first-order valence-electron chi connectivity index (χ1n) is 7.55. The minimum absolute atomic E-state index is 0.0249. The molecule has 1 heterocycles. The molecule has 0 amide bonds. The van der Waals surface area contributed by atoms with Gasteiger partial charge in [0.1, 0.15) is 5.52 Å². The maximum Gasteiger partial charge on any atom is 0.573 e. The SMILES string of the molecule is Cn1cnc2c(NC(=S)Nc3ccc(C#N)cc3OC(F)(F)F)cccc21. The number of nitrogens with one attached hydrogen (secondary N) is 2. The number of halogens is 3. The summed E-state index contributed by atoms with van der Waals surface area (Å²) in [5.74, 6) is -0.554. The summed E-state index contributed by atoms with van der Waals surface area (Å²) in [5.41, 5.74) is 2.12. The molecular weight excluding hydrogens is 379 g/mol. The normalized spacial score (nSPS) is 11.1. The Morgan fingerprint density at radius 3 is 2.67 bits per heavy atom. The Morgan fingerprint density at radius 2 is 1.96 bits per heavy atom. The van der Waals surface area contributed by atoms with Crippen molar-refractivity contribution < 1.29 is 17.9 Å². The summed E-state index contributed by atoms with van der Waals surface area (Å²) in [6.07, 6.45) is -3.26. The molecule has 0 saturated carbocycles. The number of rotatable bonds is 3. The fourth-order valence-corrected chi connectivity index (χ4v) is 2.66. The first-order chi connectivity index (χ1) is 12.8. The molecule has 0 unspecified atom stereocenters. The van der Waals surface area contributed by atoms with Gasteiger partial charge < -0.3 is 19.9 Å². The third-order valence-corrected chi connectivity index (χ3v) is 3.79. The number of nitrogens with zero attached hydrogens (tertiary/aromatic N) is 3.